The maximum Gasteiger partial charge on any atom is 0.230 e. The summed E-state index contributed by atoms with van der Waals surface area (Å²) in [5.41, 5.74) is 0.140. The first-order valence-corrected chi connectivity index (χ1v) is 7.46. The summed E-state index contributed by atoms with van der Waals surface area (Å²) in [6, 6.07) is 6.59. The lowest BCUT2D eigenvalue weighted by atomic mass is 9.61. The monoisotopic (exact) mass is 291 g/mol. The van der Waals surface area contributed by atoms with E-state index in [9.17, 15) is 9.90 Å². The van der Waals surface area contributed by atoms with Crippen molar-refractivity contribution in [2.75, 3.05) is 5.32 Å². The van der Waals surface area contributed by atoms with Gasteiger partial charge in [0, 0.05) is 5.69 Å². The van der Waals surface area contributed by atoms with Gasteiger partial charge in [-0.1, -0.05) is 48.5 Å². The minimum absolute atomic E-state index is 0.0237. The lowest BCUT2D eigenvalue weighted by Gasteiger charge is -2.44. The van der Waals surface area contributed by atoms with E-state index in [-0.39, 0.29) is 22.5 Å². The molecule has 0 spiro atoms. The zero-order chi connectivity index (χ0) is 16.5. The highest BCUT2D eigenvalue weighted by molar-refractivity contribution is 5.95. The minimum Gasteiger partial charge on any atom is -0.508 e. The Bertz CT molecular complexity index is 491. The Hall–Kier alpha value is -1.51. The van der Waals surface area contributed by atoms with Gasteiger partial charge in [0.25, 0.3) is 0 Å². The molecule has 0 aromatic heterocycles. The fourth-order valence-electron chi connectivity index (χ4n) is 2.56. The second-order valence-corrected chi connectivity index (χ2v) is 8.32. The topological polar surface area (TPSA) is 49.3 Å². The van der Waals surface area contributed by atoms with Gasteiger partial charge >= 0.3 is 0 Å². The summed E-state index contributed by atoms with van der Waals surface area (Å²) in [7, 11) is 0. The molecular weight excluding hydrogens is 262 g/mol. The van der Waals surface area contributed by atoms with Gasteiger partial charge in [0.1, 0.15) is 5.75 Å². The molecule has 1 aromatic carbocycles. The normalized spacial score (nSPS) is 15.4. The Morgan fingerprint density at radius 1 is 1.00 bits per heavy atom. The standard InChI is InChI=1S/C18H29NO2/c1-16(2,3)12-18(7,17(4,5)6)15(21)19-13-8-10-14(20)11-9-13/h8-11,20H,12H2,1-7H3,(H,19,21). The van der Waals surface area contributed by atoms with Crippen molar-refractivity contribution in [3.63, 3.8) is 0 Å². The number of carbonyl (C=O) groups excluding carboxylic acids is 1. The number of phenols is 1. The fourth-order valence-corrected chi connectivity index (χ4v) is 2.56. The van der Waals surface area contributed by atoms with Crippen LogP contribution in [0.25, 0.3) is 0 Å². The van der Waals surface area contributed by atoms with Crippen LogP contribution in [0.3, 0.4) is 0 Å². The van der Waals surface area contributed by atoms with Crippen molar-refractivity contribution in [3.8, 4) is 5.75 Å². The lowest BCUT2D eigenvalue weighted by Crippen LogP contribution is -2.46. The van der Waals surface area contributed by atoms with Gasteiger partial charge in [-0.25, -0.2) is 0 Å². The molecule has 1 atom stereocenters. The second-order valence-electron chi connectivity index (χ2n) is 8.32. The predicted octanol–water partition coefficient (Wildman–Crippen LogP) is 4.82. The van der Waals surface area contributed by atoms with Crippen LogP contribution in [0.5, 0.6) is 5.75 Å². The van der Waals surface area contributed by atoms with Gasteiger partial charge in [0.15, 0.2) is 0 Å². The van der Waals surface area contributed by atoms with E-state index in [1.165, 1.54) is 0 Å². The molecule has 3 heteroatoms. The average Bonchev–Trinajstić information content (AvgIpc) is 2.28. The van der Waals surface area contributed by atoms with Crippen molar-refractivity contribution < 1.29 is 9.90 Å². The van der Waals surface area contributed by atoms with Crippen LogP contribution in [-0.4, -0.2) is 11.0 Å². The number of benzene rings is 1. The molecule has 0 heterocycles. The first-order valence-electron chi connectivity index (χ1n) is 7.46. The van der Waals surface area contributed by atoms with E-state index in [2.05, 4.69) is 46.9 Å². The molecule has 2 N–H and O–H groups in total. The highest BCUT2D eigenvalue weighted by Gasteiger charge is 2.46. The molecule has 0 aliphatic heterocycles. The smallest absolute Gasteiger partial charge is 0.230 e. The number of amides is 1. The Morgan fingerprint density at radius 2 is 1.48 bits per heavy atom. The molecular formula is C18H29NO2. The molecule has 1 aromatic rings. The van der Waals surface area contributed by atoms with Crippen LogP contribution in [0.2, 0.25) is 0 Å². The number of carbonyl (C=O) groups is 1. The molecule has 1 amide bonds. The van der Waals surface area contributed by atoms with Crippen LogP contribution in [0.15, 0.2) is 24.3 Å². The molecule has 0 aliphatic rings. The highest BCUT2D eigenvalue weighted by Crippen LogP contribution is 2.47. The summed E-state index contributed by atoms with van der Waals surface area (Å²) in [4.78, 5) is 12.9. The third kappa shape index (κ3) is 4.48. The summed E-state index contributed by atoms with van der Waals surface area (Å²) in [6.07, 6.45) is 0.799. The van der Waals surface area contributed by atoms with Crippen LogP contribution in [0.4, 0.5) is 5.69 Å². The minimum atomic E-state index is -0.483. The van der Waals surface area contributed by atoms with E-state index in [1.807, 2.05) is 6.92 Å². The molecule has 118 valence electrons. The van der Waals surface area contributed by atoms with Gasteiger partial charge in [0.05, 0.1) is 5.41 Å². The molecule has 0 fully saturated rings. The van der Waals surface area contributed by atoms with Crippen LogP contribution in [0.1, 0.15) is 54.9 Å². The number of nitrogens with one attached hydrogen (secondary N) is 1. The lowest BCUT2D eigenvalue weighted by molar-refractivity contribution is -0.133. The van der Waals surface area contributed by atoms with Crippen LogP contribution in [-0.2, 0) is 4.79 Å². The quantitative estimate of drug-likeness (QED) is 0.784. The van der Waals surface area contributed by atoms with E-state index >= 15 is 0 Å². The number of phenolic OH excluding ortho intramolecular Hbond substituents is 1. The number of aromatic hydroxyl groups is 1. The van der Waals surface area contributed by atoms with Crippen molar-refractivity contribution in [2.45, 2.75) is 54.9 Å². The second kappa shape index (κ2) is 5.70. The van der Waals surface area contributed by atoms with Gasteiger partial charge < -0.3 is 10.4 Å². The molecule has 0 saturated carbocycles. The number of hydrogen-bond acceptors (Lipinski definition) is 2. The van der Waals surface area contributed by atoms with Gasteiger partial charge in [-0.3, -0.25) is 4.79 Å². The molecule has 3 nitrogen and oxygen atoms in total. The van der Waals surface area contributed by atoms with Crippen LogP contribution < -0.4 is 5.32 Å². The molecule has 1 unspecified atom stereocenters. The van der Waals surface area contributed by atoms with E-state index < -0.39 is 5.41 Å². The summed E-state index contributed by atoms with van der Waals surface area (Å²) < 4.78 is 0. The average molecular weight is 291 g/mol. The third-order valence-electron chi connectivity index (χ3n) is 4.17. The van der Waals surface area contributed by atoms with E-state index in [1.54, 1.807) is 24.3 Å². The fraction of sp³-hybridized carbons (Fsp3) is 0.611. The largest absolute Gasteiger partial charge is 0.508 e. The first-order chi connectivity index (χ1) is 9.35. The maximum absolute atomic E-state index is 12.9. The molecule has 1 rings (SSSR count). The Kier molecular flexibility index (Phi) is 4.76. The number of hydrogen-bond donors (Lipinski definition) is 2. The Labute approximate surface area is 128 Å². The van der Waals surface area contributed by atoms with Gasteiger partial charge in [-0.05, 0) is 41.5 Å². The van der Waals surface area contributed by atoms with Gasteiger partial charge in [-0.2, -0.15) is 0 Å². The van der Waals surface area contributed by atoms with Gasteiger partial charge in [0.2, 0.25) is 5.91 Å². The van der Waals surface area contributed by atoms with E-state index in [4.69, 9.17) is 0 Å². The van der Waals surface area contributed by atoms with Crippen molar-refractivity contribution in [2.24, 2.45) is 16.2 Å². The number of rotatable bonds is 3. The zero-order valence-electron chi connectivity index (χ0n) is 14.4. The van der Waals surface area contributed by atoms with Crippen LogP contribution >= 0.6 is 0 Å². The maximum atomic E-state index is 12.9. The summed E-state index contributed by atoms with van der Waals surface area (Å²) >= 11 is 0. The molecule has 0 saturated heterocycles. The van der Waals surface area contributed by atoms with E-state index in [0.29, 0.717) is 5.69 Å². The summed E-state index contributed by atoms with van der Waals surface area (Å²) in [6.45, 7) is 14.8. The SMILES string of the molecule is CC(C)(C)CC(C)(C(=O)Nc1ccc(O)cc1)C(C)(C)C. The third-order valence-corrected chi connectivity index (χ3v) is 4.17. The van der Waals surface area contributed by atoms with Crippen LogP contribution in [0, 0.1) is 16.2 Å². The Balaban J connectivity index is 3.04. The Morgan fingerprint density at radius 3 is 1.86 bits per heavy atom. The van der Waals surface area contributed by atoms with Gasteiger partial charge in [-0.15, -0.1) is 0 Å². The van der Waals surface area contributed by atoms with Crippen molar-refractivity contribution in [1.29, 1.82) is 0 Å². The number of anilines is 1. The molecule has 21 heavy (non-hydrogen) atoms. The van der Waals surface area contributed by atoms with E-state index in [0.717, 1.165) is 6.42 Å². The summed E-state index contributed by atoms with van der Waals surface area (Å²) in [5.74, 6) is 0.219. The van der Waals surface area contributed by atoms with Crippen molar-refractivity contribution in [3.05, 3.63) is 24.3 Å². The molecule has 0 radical (unpaired) electrons. The van der Waals surface area contributed by atoms with Crippen molar-refractivity contribution in [1.82, 2.24) is 0 Å². The molecule has 0 aliphatic carbocycles. The van der Waals surface area contributed by atoms with Crippen molar-refractivity contribution >= 4 is 11.6 Å². The molecule has 0 bridgehead atoms. The zero-order valence-corrected chi connectivity index (χ0v) is 14.4. The summed E-state index contributed by atoms with van der Waals surface area (Å²) in [5, 5.41) is 12.3. The highest BCUT2D eigenvalue weighted by atomic mass is 16.3. The predicted molar refractivity (Wildman–Crippen MR) is 88.4 cm³/mol. The first kappa shape index (κ1) is 17.5.